The fourth-order valence-corrected chi connectivity index (χ4v) is 5.08. The predicted molar refractivity (Wildman–Crippen MR) is 120 cm³/mol. The molecule has 0 atom stereocenters. The maximum Gasteiger partial charge on any atom is 0.288 e. The number of halogens is 1. The lowest BCUT2D eigenvalue weighted by atomic mass is 10.2. The van der Waals surface area contributed by atoms with E-state index in [1.807, 2.05) is 18.2 Å². The number of amides is 1. The van der Waals surface area contributed by atoms with E-state index in [1.54, 1.807) is 17.8 Å². The van der Waals surface area contributed by atoms with Crippen molar-refractivity contribution in [2.45, 2.75) is 14.4 Å². The largest absolute Gasteiger partial charge is 0.288 e. The summed E-state index contributed by atoms with van der Waals surface area (Å²) in [6, 6.07) is 14.3. The van der Waals surface area contributed by atoms with Crippen molar-refractivity contribution in [3.63, 3.8) is 0 Å². The second-order valence-corrected chi connectivity index (χ2v) is 9.49. The minimum Gasteiger partial charge on any atom is -0.272 e. The molecule has 0 fully saturated rings. The lowest BCUT2D eigenvalue weighted by molar-refractivity contribution is -0.384. The molecule has 0 aliphatic rings. The quantitative estimate of drug-likeness (QED) is 0.206. The Morgan fingerprint density at radius 2 is 1.93 bits per heavy atom. The number of benzene rings is 2. The third-order valence-electron chi connectivity index (χ3n) is 3.49. The zero-order valence-corrected chi connectivity index (χ0v) is 18.4. The smallest absolute Gasteiger partial charge is 0.272 e. The molecule has 2 aromatic carbocycles. The third kappa shape index (κ3) is 6.80. The van der Waals surface area contributed by atoms with Gasteiger partial charge in [0.15, 0.2) is 8.68 Å². The molecule has 0 unspecified atom stereocenters. The fraction of sp³-hybridized carbons (Fsp3) is 0.111. The Morgan fingerprint density at radius 3 is 2.67 bits per heavy atom. The molecular weight excluding hydrogens is 466 g/mol. The van der Waals surface area contributed by atoms with Gasteiger partial charge < -0.3 is 0 Å². The van der Waals surface area contributed by atoms with Crippen molar-refractivity contribution in [3.05, 3.63) is 74.8 Å². The molecule has 0 radical (unpaired) electrons. The van der Waals surface area contributed by atoms with E-state index < -0.39 is 4.92 Å². The highest BCUT2D eigenvalue weighted by Crippen LogP contribution is 2.30. The number of thioether (sulfide) groups is 2. The van der Waals surface area contributed by atoms with E-state index in [1.165, 1.54) is 47.0 Å². The van der Waals surface area contributed by atoms with Crippen molar-refractivity contribution >= 4 is 64.3 Å². The molecule has 1 aromatic heterocycles. The average Bonchev–Trinajstić information content (AvgIpc) is 3.20. The van der Waals surface area contributed by atoms with Crippen LogP contribution in [0.2, 0.25) is 5.02 Å². The number of nitrogens with zero attached hydrogens (tertiary/aromatic N) is 4. The zero-order chi connectivity index (χ0) is 21.3. The van der Waals surface area contributed by atoms with Crippen LogP contribution in [0.1, 0.15) is 11.1 Å². The molecular formula is C18H14ClN5O3S3. The molecule has 0 saturated carbocycles. The molecule has 12 heteroatoms. The van der Waals surface area contributed by atoms with Gasteiger partial charge in [0.1, 0.15) is 5.02 Å². The highest BCUT2D eigenvalue weighted by atomic mass is 35.5. The van der Waals surface area contributed by atoms with Crippen molar-refractivity contribution in [1.29, 1.82) is 0 Å². The number of hydrazone groups is 1. The molecule has 0 aliphatic carbocycles. The highest BCUT2D eigenvalue weighted by molar-refractivity contribution is 8.03. The Labute approximate surface area is 189 Å². The van der Waals surface area contributed by atoms with Crippen LogP contribution in [-0.2, 0) is 10.5 Å². The zero-order valence-electron chi connectivity index (χ0n) is 15.2. The number of rotatable bonds is 9. The van der Waals surface area contributed by atoms with Gasteiger partial charge in [0, 0.05) is 17.4 Å². The van der Waals surface area contributed by atoms with Crippen LogP contribution in [0.15, 0.2) is 62.3 Å². The summed E-state index contributed by atoms with van der Waals surface area (Å²) in [5.41, 5.74) is 3.81. The first-order valence-electron chi connectivity index (χ1n) is 8.40. The van der Waals surface area contributed by atoms with Gasteiger partial charge in [0.2, 0.25) is 0 Å². The van der Waals surface area contributed by atoms with E-state index in [0.717, 1.165) is 10.1 Å². The minimum absolute atomic E-state index is 0.0379. The SMILES string of the molecule is O=C(CSc1nnc(SCc2ccccc2)s1)N/N=C\c1ccc(Cl)c([N+](=O)[O-])c1. The second kappa shape index (κ2) is 11.1. The topological polar surface area (TPSA) is 110 Å². The second-order valence-electron chi connectivity index (χ2n) is 5.66. The molecule has 1 heterocycles. The summed E-state index contributed by atoms with van der Waals surface area (Å²) in [6.07, 6.45) is 1.31. The molecule has 0 saturated heterocycles. The number of nitro groups is 1. The van der Waals surface area contributed by atoms with Crippen LogP contribution in [0.25, 0.3) is 0 Å². The number of carbonyl (C=O) groups is 1. The van der Waals surface area contributed by atoms with E-state index in [-0.39, 0.29) is 22.4 Å². The first-order valence-corrected chi connectivity index (χ1v) is 11.6. The molecule has 0 aliphatic heterocycles. The lowest BCUT2D eigenvalue weighted by Gasteiger charge is -1.99. The number of hydrogen-bond donors (Lipinski definition) is 1. The predicted octanol–water partition coefficient (Wildman–Crippen LogP) is 4.63. The van der Waals surface area contributed by atoms with Crippen LogP contribution in [0.5, 0.6) is 0 Å². The van der Waals surface area contributed by atoms with Gasteiger partial charge in [-0.2, -0.15) is 5.10 Å². The van der Waals surface area contributed by atoms with E-state index in [2.05, 4.69) is 32.9 Å². The Kier molecular flexibility index (Phi) is 8.20. The maximum absolute atomic E-state index is 11.9. The normalized spacial score (nSPS) is 11.0. The van der Waals surface area contributed by atoms with Crippen molar-refractivity contribution < 1.29 is 9.72 Å². The summed E-state index contributed by atoms with van der Waals surface area (Å²) in [5.74, 6) is 0.599. The number of carbonyl (C=O) groups excluding carboxylic acids is 1. The Bertz CT molecular complexity index is 1060. The van der Waals surface area contributed by atoms with Crippen molar-refractivity contribution in [3.8, 4) is 0 Å². The summed E-state index contributed by atoms with van der Waals surface area (Å²) >= 11 is 10.0. The highest BCUT2D eigenvalue weighted by Gasteiger charge is 2.12. The molecule has 8 nitrogen and oxygen atoms in total. The van der Waals surface area contributed by atoms with Crippen LogP contribution in [-0.4, -0.2) is 33.0 Å². The average molecular weight is 480 g/mol. The first kappa shape index (κ1) is 22.2. The monoisotopic (exact) mass is 479 g/mol. The van der Waals surface area contributed by atoms with Gasteiger partial charge in [-0.25, -0.2) is 5.43 Å². The van der Waals surface area contributed by atoms with Crippen molar-refractivity contribution in [2.75, 3.05) is 5.75 Å². The number of nitrogens with one attached hydrogen (secondary N) is 1. The van der Waals surface area contributed by atoms with E-state index in [4.69, 9.17) is 11.6 Å². The van der Waals surface area contributed by atoms with Crippen molar-refractivity contribution in [1.82, 2.24) is 15.6 Å². The van der Waals surface area contributed by atoms with Gasteiger partial charge in [-0.3, -0.25) is 14.9 Å². The number of hydrogen-bond acceptors (Lipinski definition) is 9. The molecule has 154 valence electrons. The van der Waals surface area contributed by atoms with Crippen LogP contribution < -0.4 is 5.43 Å². The summed E-state index contributed by atoms with van der Waals surface area (Å²) in [5, 5.41) is 22.9. The molecule has 0 bridgehead atoms. The lowest BCUT2D eigenvalue weighted by Crippen LogP contribution is -2.19. The molecule has 3 rings (SSSR count). The first-order chi connectivity index (χ1) is 14.5. The minimum atomic E-state index is -0.580. The summed E-state index contributed by atoms with van der Waals surface area (Å²) in [7, 11) is 0. The summed E-state index contributed by atoms with van der Waals surface area (Å²) < 4.78 is 1.53. The van der Waals surface area contributed by atoms with Gasteiger partial charge in [0.05, 0.1) is 16.9 Å². The van der Waals surface area contributed by atoms with Gasteiger partial charge in [-0.05, 0) is 11.6 Å². The van der Waals surface area contributed by atoms with Crippen LogP contribution in [0, 0.1) is 10.1 Å². The van der Waals surface area contributed by atoms with Gasteiger partial charge >= 0.3 is 0 Å². The number of nitro benzene ring substituents is 1. The van der Waals surface area contributed by atoms with Gasteiger partial charge in [-0.15, -0.1) is 10.2 Å². The Hall–Kier alpha value is -2.47. The maximum atomic E-state index is 11.9. The molecule has 1 amide bonds. The molecule has 3 aromatic rings. The molecule has 30 heavy (non-hydrogen) atoms. The Balaban J connectivity index is 1.44. The summed E-state index contributed by atoms with van der Waals surface area (Å²) in [6.45, 7) is 0. The standard InChI is InChI=1S/C18H14ClN5O3S3/c19-14-7-6-13(8-15(14)24(26)27)9-20-21-16(25)11-29-18-23-22-17(30-18)28-10-12-4-2-1-3-5-12/h1-9H,10-11H2,(H,21,25)/b20-9-. The van der Waals surface area contributed by atoms with Crippen LogP contribution in [0.3, 0.4) is 0 Å². The van der Waals surface area contributed by atoms with Gasteiger partial charge in [0.25, 0.3) is 11.6 Å². The van der Waals surface area contributed by atoms with E-state index in [0.29, 0.717) is 9.90 Å². The van der Waals surface area contributed by atoms with Crippen LogP contribution >= 0.6 is 46.5 Å². The van der Waals surface area contributed by atoms with Crippen molar-refractivity contribution in [2.24, 2.45) is 5.10 Å². The van der Waals surface area contributed by atoms with Gasteiger partial charge in [-0.1, -0.05) is 82.9 Å². The molecule has 1 N–H and O–H groups in total. The third-order valence-corrected chi connectivity index (χ3v) is 7.07. The Morgan fingerprint density at radius 1 is 1.20 bits per heavy atom. The van der Waals surface area contributed by atoms with E-state index >= 15 is 0 Å². The molecule has 0 spiro atoms. The van der Waals surface area contributed by atoms with E-state index in [9.17, 15) is 14.9 Å². The summed E-state index contributed by atoms with van der Waals surface area (Å²) in [4.78, 5) is 22.2. The fourth-order valence-electron chi connectivity index (χ4n) is 2.12. The van der Waals surface area contributed by atoms with Crippen LogP contribution in [0.4, 0.5) is 5.69 Å². The number of aromatic nitrogens is 2.